The maximum Gasteiger partial charge on any atom is -0.0181 e. The molecule has 84 valence electrons. The molecule has 0 aliphatic carbocycles. The van der Waals surface area contributed by atoms with Gasteiger partial charge in [0.25, 0.3) is 0 Å². The minimum atomic E-state index is 0.290. The highest BCUT2D eigenvalue weighted by molar-refractivity contribution is 7.60. The van der Waals surface area contributed by atoms with Crippen LogP contribution in [0.4, 0.5) is 0 Å². The molecule has 0 spiro atoms. The molecule has 2 atom stereocenters. The molecule has 0 aromatic rings. The predicted molar refractivity (Wildman–Crippen MR) is 68.5 cm³/mol. The molecule has 0 aromatic carbocycles. The zero-order valence-electron chi connectivity index (χ0n) is 10.7. The quantitative estimate of drug-likeness (QED) is 0.596. The van der Waals surface area contributed by atoms with Crippen LogP contribution in [0.25, 0.3) is 0 Å². The lowest BCUT2D eigenvalue weighted by Gasteiger charge is -2.33. The Morgan fingerprint density at radius 3 is 1.36 bits per heavy atom. The van der Waals surface area contributed by atoms with Gasteiger partial charge in [0, 0.05) is 0 Å². The Bertz CT molecular complexity index is 156. The van der Waals surface area contributed by atoms with Crippen LogP contribution in [0.15, 0.2) is 0 Å². The molecule has 1 fully saturated rings. The van der Waals surface area contributed by atoms with Crippen LogP contribution in [0.3, 0.4) is 0 Å². The van der Waals surface area contributed by atoms with Crippen LogP contribution in [-0.2, 0) is 0 Å². The largest absolute Gasteiger partial charge is 0.0972 e. The standard InChI is InChI=1S/C13H27P/c1-9(2)12-7-8-13(10(3)4)14(12)11(5)6/h9-13H,7-8H2,1-6H3. The van der Waals surface area contributed by atoms with Gasteiger partial charge in [-0.25, -0.2) is 0 Å². The molecule has 1 saturated heterocycles. The highest BCUT2D eigenvalue weighted by Crippen LogP contribution is 2.62. The van der Waals surface area contributed by atoms with Crippen LogP contribution in [-0.4, -0.2) is 17.0 Å². The number of hydrogen-bond acceptors (Lipinski definition) is 0. The summed E-state index contributed by atoms with van der Waals surface area (Å²) < 4.78 is 0. The van der Waals surface area contributed by atoms with Crippen molar-refractivity contribution in [2.24, 2.45) is 11.8 Å². The van der Waals surface area contributed by atoms with E-state index in [-0.39, 0.29) is 0 Å². The molecule has 0 radical (unpaired) electrons. The highest BCUT2D eigenvalue weighted by Gasteiger charge is 2.39. The first-order chi connectivity index (χ1) is 6.45. The van der Waals surface area contributed by atoms with Crippen molar-refractivity contribution in [1.29, 1.82) is 0 Å². The van der Waals surface area contributed by atoms with Gasteiger partial charge in [0.15, 0.2) is 0 Å². The van der Waals surface area contributed by atoms with Gasteiger partial charge in [-0.3, -0.25) is 0 Å². The van der Waals surface area contributed by atoms with E-state index in [9.17, 15) is 0 Å². The van der Waals surface area contributed by atoms with E-state index in [0.29, 0.717) is 7.92 Å². The lowest BCUT2D eigenvalue weighted by Crippen LogP contribution is -2.18. The Hall–Kier alpha value is 0.430. The molecule has 2 unspecified atom stereocenters. The summed E-state index contributed by atoms with van der Waals surface area (Å²) in [6.07, 6.45) is 3.01. The third-order valence-corrected chi connectivity index (χ3v) is 8.09. The average Bonchev–Trinajstić information content (AvgIpc) is 2.46. The molecule has 0 nitrogen and oxygen atoms in total. The van der Waals surface area contributed by atoms with Gasteiger partial charge in [0.1, 0.15) is 0 Å². The molecule has 1 aliphatic heterocycles. The third kappa shape index (κ3) is 2.51. The second-order valence-corrected chi connectivity index (χ2v) is 8.99. The van der Waals surface area contributed by atoms with Crippen molar-refractivity contribution in [1.82, 2.24) is 0 Å². The van der Waals surface area contributed by atoms with E-state index < -0.39 is 0 Å². The summed E-state index contributed by atoms with van der Waals surface area (Å²) in [5.74, 6) is 1.82. The summed E-state index contributed by atoms with van der Waals surface area (Å²) in [7, 11) is 0.290. The van der Waals surface area contributed by atoms with Gasteiger partial charge in [-0.05, 0) is 41.7 Å². The van der Waals surface area contributed by atoms with Crippen LogP contribution in [0.1, 0.15) is 54.4 Å². The lowest BCUT2D eigenvalue weighted by molar-refractivity contribution is 0.543. The van der Waals surface area contributed by atoms with E-state index in [1.165, 1.54) is 12.8 Å². The van der Waals surface area contributed by atoms with Crippen molar-refractivity contribution in [3.05, 3.63) is 0 Å². The molecule has 1 heterocycles. The van der Waals surface area contributed by atoms with Gasteiger partial charge >= 0.3 is 0 Å². The van der Waals surface area contributed by atoms with Gasteiger partial charge in [-0.2, -0.15) is 0 Å². The SMILES string of the molecule is CC(C)C1CCC(C(C)C)P1C(C)C. The molecule has 1 rings (SSSR count). The second-order valence-electron chi connectivity index (χ2n) is 5.74. The molecular formula is C13H27P. The Labute approximate surface area is 91.6 Å². The number of rotatable bonds is 3. The smallest absolute Gasteiger partial charge is 0.0181 e. The normalized spacial score (nSPS) is 33.6. The van der Waals surface area contributed by atoms with Crippen LogP contribution < -0.4 is 0 Å². The Morgan fingerprint density at radius 2 is 1.14 bits per heavy atom. The van der Waals surface area contributed by atoms with Crippen molar-refractivity contribution in [3.8, 4) is 0 Å². The molecule has 1 heteroatoms. The molecular weight excluding hydrogens is 187 g/mol. The second kappa shape index (κ2) is 4.97. The summed E-state index contributed by atoms with van der Waals surface area (Å²) in [5.41, 5.74) is 3.04. The maximum absolute atomic E-state index is 2.45. The Morgan fingerprint density at radius 1 is 0.786 bits per heavy atom. The van der Waals surface area contributed by atoms with E-state index >= 15 is 0 Å². The predicted octanol–water partition coefficient (Wildman–Crippen LogP) is 4.72. The monoisotopic (exact) mass is 214 g/mol. The Balaban J connectivity index is 2.74. The van der Waals surface area contributed by atoms with Crippen molar-refractivity contribution < 1.29 is 0 Å². The third-order valence-electron chi connectivity index (χ3n) is 3.66. The first-order valence-electron chi connectivity index (χ1n) is 6.22. The maximum atomic E-state index is 2.45. The van der Waals surface area contributed by atoms with Crippen LogP contribution in [0.2, 0.25) is 0 Å². The van der Waals surface area contributed by atoms with Crippen molar-refractivity contribution >= 4 is 7.92 Å². The summed E-state index contributed by atoms with van der Waals surface area (Å²) in [6.45, 7) is 14.6. The van der Waals surface area contributed by atoms with Crippen molar-refractivity contribution in [3.63, 3.8) is 0 Å². The van der Waals surface area contributed by atoms with Gasteiger partial charge in [0.2, 0.25) is 0 Å². The average molecular weight is 214 g/mol. The van der Waals surface area contributed by atoms with Crippen LogP contribution >= 0.6 is 7.92 Å². The van der Waals surface area contributed by atoms with Crippen LogP contribution in [0.5, 0.6) is 0 Å². The van der Waals surface area contributed by atoms with Gasteiger partial charge in [-0.15, -0.1) is 0 Å². The molecule has 0 aromatic heterocycles. The minimum Gasteiger partial charge on any atom is -0.0972 e. The van der Waals surface area contributed by atoms with Gasteiger partial charge in [-0.1, -0.05) is 49.5 Å². The van der Waals surface area contributed by atoms with Crippen molar-refractivity contribution in [2.75, 3.05) is 0 Å². The zero-order chi connectivity index (χ0) is 10.9. The molecule has 0 N–H and O–H groups in total. The van der Waals surface area contributed by atoms with E-state index in [2.05, 4.69) is 41.5 Å². The minimum absolute atomic E-state index is 0.290. The first kappa shape index (κ1) is 12.5. The molecule has 14 heavy (non-hydrogen) atoms. The summed E-state index contributed by atoms with van der Waals surface area (Å²) >= 11 is 0. The fraction of sp³-hybridized carbons (Fsp3) is 1.00. The first-order valence-corrected chi connectivity index (χ1v) is 7.77. The molecule has 0 amide bonds. The molecule has 1 aliphatic rings. The Kier molecular flexibility index (Phi) is 4.44. The topological polar surface area (TPSA) is 0 Å². The van der Waals surface area contributed by atoms with Crippen molar-refractivity contribution in [2.45, 2.75) is 71.4 Å². The van der Waals surface area contributed by atoms with Gasteiger partial charge < -0.3 is 0 Å². The summed E-state index contributed by atoms with van der Waals surface area (Å²) in [5, 5.41) is 0. The van der Waals surface area contributed by atoms with E-state index in [1.807, 2.05) is 0 Å². The van der Waals surface area contributed by atoms with E-state index in [4.69, 9.17) is 0 Å². The lowest BCUT2D eigenvalue weighted by atomic mass is 10.0. The number of hydrogen-bond donors (Lipinski definition) is 0. The highest BCUT2D eigenvalue weighted by atomic mass is 31.1. The summed E-state index contributed by atoms with van der Waals surface area (Å²) in [4.78, 5) is 0. The zero-order valence-corrected chi connectivity index (χ0v) is 11.6. The van der Waals surface area contributed by atoms with E-state index in [1.54, 1.807) is 0 Å². The van der Waals surface area contributed by atoms with Crippen LogP contribution in [0, 0.1) is 11.8 Å². The fourth-order valence-electron chi connectivity index (χ4n) is 3.01. The fourth-order valence-corrected chi connectivity index (χ4v) is 7.30. The van der Waals surface area contributed by atoms with Gasteiger partial charge in [0.05, 0.1) is 0 Å². The molecule has 0 saturated carbocycles. The van der Waals surface area contributed by atoms with E-state index in [0.717, 1.165) is 28.8 Å². The summed E-state index contributed by atoms with van der Waals surface area (Å²) in [6, 6.07) is 0. The molecule has 0 bridgehead atoms.